The number of rotatable bonds is 4. The van der Waals surface area contributed by atoms with E-state index >= 15 is 0 Å². The highest BCUT2D eigenvalue weighted by Crippen LogP contribution is 2.28. The third kappa shape index (κ3) is 4.12. The van der Waals surface area contributed by atoms with Gasteiger partial charge in [0.2, 0.25) is 0 Å². The quantitative estimate of drug-likeness (QED) is 0.605. The van der Waals surface area contributed by atoms with Gasteiger partial charge in [0.05, 0.1) is 11.4 Å². The molecule has 0 unspecified atom stereocenters. The molecule has 0 bridgehead atoms. The van der Waals surface area contributed by atoms with E-state index in [1.165, 1.54) is 11.8 Å². The van der Waals surface area contributed by atoms with E-state index in [1.54, 1.807) is 23.1 Å². The van der Waals surface area contributed by atoms with Gasteiger partial charge in [-0.3, -0.25) is 9.59 Å². The topological polar surface area (TPSA) is 46.6 Å². The zero-order valence-corrected chi connectivity index (χ0v) is 13.1. The third-order valence-electron chi connectivity index (χ3n) is 2.55. The predicted octanol–water partition coefficient (Wildman–Crippen LogP) is 3.57. The molecule has 0 atom stereocenters. The molecule has 1 heterocycles. The molecule has 0 aromatic heterocycles. The van der Waals surface area contributed by atoms with Gasteiger partial charge in [-0.15, -0.1) is 0 Å². The first-order valence-corrected chi connectivity index (χ1v) is 7.79. The van der Waals surface area contributed by atoms with Gasteiger partial charge in [0.1, 0.15) is 5.75 Å². The van der Waals surface area contributed by atoms with Crippen molar-refractivity contribution in [1.29, 1.82) is 0 Å². The Kier molecular flexibility index (Phi) is 5.13. The first kappa shape index (κ1) is 14.7. The highest BCUT2D eigenvalue weighted by atomic mass is 79.9. The maximum Gasteiger partial charge on any atom is 0.313 e. The SMILES string of the molecule is O=C(CCN1CCSC1=O)Oc1ccc(Br)cc1Cl. The van der Waals surface area contributed by atoms with E-state index in [0.717, 1.165) is 10.2 Å². The van der Waals surface area contributed by atoms with Crippen molar-refractivity contribution in [2.75, 3.05) is 18.8 Å². The summed E-state index contributed by atoms with van der Waals surface area (Å²) in [4.78, 5) is 24.7. The fraction of sp³-hybridized carbons (Fsp3) is 0.333. The number of amides is 1. The number of esters is 1. The van der Waals surface area contributed by atoms with E-state index in [0.29, 0.717) is 23.9 Å². The summed E-state index contributed by atoms with van der Waals surface area (Å²) in [5.74, 6) is 0.720. The van der Waals surface area contributed by atoms with Crippen molar-refractivity contribution < 1.29 is 14.3 Å². The largest absolute Gasteiger partial charge is 0.425 e. The molecule has 1 aliphatic rings. The average molecular weight is 365 g/mol. The van der Waals surface area contributed by atoms with Crippen LogP contribution in [0.5, 0.6) is 5.75 Å². The number of carbonyl (C=O) groups is 2. The van der Waals surface area contributed by atoms with E-state index in [4.69, 9.17) is 16.3 Å². The number of hydrogen-bond acceptors (Lipinski definition) is 4. The molecular weight excluding hydrogens is 354 g/mol. The van der Waals surface area contributed by atoms with Crippen LogP contribution < -0.4 is 4.74 Å². The van der Waals surface area contributed by atoms with E-state index in [2.05, 4.69) is 15.9 Å². The van der Waals surface area contributed by atoms with Gasteiger partial charge in [0.15, 0.2) is 0 Å². The van der Waals surface area contributed by atoms with Gasteiger partial charge in [0, 0.05) is 23.3 Å². The zero-order valence-electron chi connectivity index (χ0n) is 9.90. The minimum atomic E-state index is -0.395. The van der Waals surface area contributed by atoms with Crippen LogP contribution in [0.4, 0.5) is 4.79 Å². The normalized spacial score (nSPS) is 14.8. The van der Waals surface area contributed by atoms with E-state index < -0.39 is 5.97 Å². The number of hydrogen-bond donors (Lipinski definition) is 0. The number of ether oxygens (including phenoxy) is 1. The van der Waals surface area contributed by atoms with Gasteiger partial charge in [-0.2, -0.15) is 0 Å². The molecule has 1 aliphatic heterocycles. The second-order valence-electron chi connectivity index (χ2n) is 3.90. The lowest BCUT2D eigenvalue weighted by Gasteiger charge is -2.13. The lowest BCUT2D eigenvalue weighted by molar-refractivity contribution is -0.134. The molecule has 19 heavy (non-hydrogen) atoms. The molecule has 0 saturated carbocycles. The van der Waals surface area contributed by atoms with Crippen molar-refractivity contribution in [3.63, 3.8) is 0 Å². The summed E-state index contributed by atoms with van der Waals surface area (Å²) in [5.41, 5.74) is 0. The molecule has 1 aromatic carbocycles. The van der Waals surface area contributed by atoms with Crippen molar-refractivity contribution in [3.8, 4) is 5.75 Å². The molecule has 0 radical (unpaired) electrons. The molecule has 102 valence electrons. The Bertz CT molecular complexity index is 512. The maximum atomic E-state index is 11.7. The summed E-state index contributed by atoms with van der Waals surface area (Å²) in [7, 11) is 0. The second-order valence-corrected chi connectivity index (χ2v) is 6.27. The highest BCUT2D eigenvalue weighted by Gasteiger charge is 2.21. The van der Waals surface area contributed by atoms with Gasteiger partial charge in [-0.1, -0.05) is 39.3 Å². The molecule has 1 aromatic rings. The molecule has 1 saturated heterocycles. The van der Waals surface area contributed by atoms with Crippen LogP contribution in [0, 0.1) is 0 Å². The summed E-state index contributed by atoms with van der Waals surface area (Å²) in [6, 6.07) is 5.03. The summed E-state index contributed by atoms with van der Waals surface area (Å²) in [6.07, 6.45) is 0.165. The number of carbonyl (C=O) groups excluding carboxylic acids is 2. The summed E-state index contributed by atoms with van der Waals surface area (Å²) in [6.45, 7) is 1.08. The number of halogens is 2. The van der Waals surface area contributed by atoms with Crippen molar-refractivity contribution >= 4 is 50.5 Å². The molecule has 4 nitrogen and oxygen atoms in total. The molecule has 0 spiro atoms. The van der Waals surface area contributed by atoms with Crippen LogP contribution in [0.1, 0.15) is 6.42 Å². The first-order valence-electron chi connectivity index (χ1n) is 5.63. The van der Waals surface area contributed by atoms with Crippen LogP contribution in [-0.4, -0.2) is 35.0 Å². The average Bonchev–Trinajstić information content (AvgIpc) is 2.76. The standard InChI is InChI=1S/C12H11BrClNO3S/c13-8-1-2-10(9(14)7-8)18-11(16)3-4-15-5-6-19-12(15)17/h1-2,7H,3-6H2. The van der Waals surface area contributed by atoms with E-state index in [1.807, 2.05) is 0 Å². The van der Waals surface area contributed by atoms with Gasteiger partial charge in [0.25, 0.3) is 5.24 Å². The van der Waals surface area contributed by atoms with Gasteiger partial charge >= 0.3 is 5.97 Å². The summed E-state index contributed by atoms with van der Waals surface area (Å²) >= 11 is 10.5. The zero-order chi connectivity index (χ0) is 13.8. The van der Waals surface area contributed by atoms with E-state index in [-0.39, 0.29) is 11.7 Å². The molecule has 1 fully saturated rings. The number of nitrogens with zero attached hydrogens (tertiary/aromatic N) is 1. The van der Waals surface area contributed by atoms with Gasteiger partial charge < -0.3 is 9.64 Å². The number of benzene rings is 1. The Morgan fingerprint density at radius 3 is 2.95 bits per heavy atom. The van der Waals surface area contributed by atoms with Crippen molar-refractivity contribution in [2.45, 2.75) is 6.42 Å². The molecular formula is C12H11BrClNO3S. The Balaban J connectivity index is 1.85. The summed E-state index contributed by atoms with van der Waals surface area (Å²) in [5, 5.41) is 0.394. The highest BCUT2D eigenvalue weighted by molar-refractivity contribution is 9.10. The Morgan fingerprint density at radius 2 is 2.32 bits per heavy atom. The Labute approximate surface area is 128 Å². The Morgan fingerprint density at radius 1 is 1.53 bits per heavy atom. The molecule has 0 aliphatic carbocycles. The lowest BCUT2D eigenvalue weighted by Crippen LogP contribution is -2.27. The smallest absolute Gasteiger partial charge is 0.313 e. The fourth-order valence-electron chi connectivity index (χ4n) is 1.59. The molecule has 0 N–H and O–H groups in total. The Hall–Kier alpha value is -0.720. The van der Waals surface area contributed by atoms with Crippen LogP contribution in [-0.2, 0) is 4.79 Å². The van der Waals surface area contributed by atoms with Gasteiger partial charge in [-0.25, -0.2) is 0 Å². The van der Waals surface area contributed by atoms with Crippen LogP contribution in [0.2, 0.25) is 5.02 Å². The first-order chi connectivity index (χ1) is 9.06. The minimum absolute atomic E-state index is 0.0227. The minimum Gasteiger partial charge on any atom is -0.425 e. The third-order valence-corrected chi connectivity index (χ3v) is 4.23. The van der Waals surface area contributed by atoms with Crippen molar-refractivity contribution in [1.82, 2.24) is 4.90 Å². The van der Waals surface area contributed by atoms with Crippen molar-refractivity contribution in [3.05, 3.63) is 27.7 Å². The van der Waals surface area contributed by atoms with Crippen molar-refractivity contribution in [2.24, 2.45) is 0 Å². The lowest BCUT2D eigenvalue weighted by atomic mass is 10.3. The van der Waals surface area contributed by atoms with Crippen LogP contribution in [0.15, 0.2) is 22.7 Å². The summed E-state index contributed by atoms with van der Waals surface area (Å²) < 4.78 is 5.98. The van der Waals surface area contributed by atoms with Crippen LogP contribution in [0.25, 0.3) is 0 Å². The molecule has 2 rings (SSSR count). The van der Waals surface area contributed by atoms with Crippen LogP contribution >= 0.6 is 39.3 Å². The molecule has 7 heteroatoms. The second kappa shape index (κ2) is 6.63. The molecule has 1 amide bonds. The predicted molar refractivity (Wildman–Crippen MR) is 78.8 cm³/mol. The fourth-order valence-corrected chi connectivity index (χ4v) is 3.15. The van der Waals surface area contributed by atoms with Gasteiger partial charge in [-0.05, 0) is 18.2 Å². The number of thioether (sulfide) groups is 1. The van der Waals surface area contributed by atoms with E-state index in [9.17, 15) is 9.59 Å². The van der Waals surface area contributed by atoms with Crippen LogP contribution in [0.3, 0.4) is 0 Å². The monoisotopic (exact) mass is 363 g/mol. The maximum absolute atomic E-state index is 11.7.